The number of amides is 3. The number of benzene rings is 2. The van der Waals surface area contributed by atoms with Crippen molar-refractivity contribution in [3.8, 4) is 11.4 Å². The number of nitrogens with one attached hydrogen (secondary N) is 2. The molecule has 0 radical (unpaired) electrons. The summed E-state index contributed by atoms with van der Waals surface area (Å²) in [6, 6.07) is 9.10. The van der Waals surface area contributed by atoms with E-state index >= 15 is 0 Å². The van der Waals surface area contributed by atoms with Crippen LogP contribution in [-0.2, 0) is 16.6 Å². The molecule has 1 aromatic heterocycles. The monoisotopic (exact) mass is 548 g/mol. The van der Waals surface area contributed by atoms with E-state index in [0.29, 0.717) is 35.7 Å². The summed E-state index contributed by atoms with van der Waals surface area (Å²) in [6.07, 6.45) is 2.09. The maximum absolute atomic E-state index is 13.5. The van der Waals surface area contributed by atoms with Crippen molar-refractivity contribution < 1.29 is 19.1 Å². The zero-order valence-corrected chi connectivity index (χ0v) is 24.6. The van der Waals surface area contributed by atoms with Crippen LogP contribution in [-0.4, -0.2) is 46.4 Å². The molecule has 0 saturated carbocycles. The van der Waals surface area contributed by atoms with Gasteiger partial charge < -0.3 is 21.1 Å². The number of carbonyl (C=O) groups is 3. The maximum Gasteiger partial charge on any atom is 0.273 e. The maximum atomic E-state index is 13.5. The summed E-state index contributed by atoms with van der Waals surface area (Å²) < 4.78 is 7.15. The molecule has 2 aromatic carbocycles. The Bertz CT molecular complexity index is 1410. The van der Waals surface area contributed by atoms with Crippen LogP contribution in [0.2, 0.25) is 0 Å². The minimum absolute atomic E-state index is 0.0678. The first-order chi connectivity index (χ1) is 18.6. The Morgan fingerprint density at radius 1 is 1.02 bits per heavy atom. The molecule has 3 aromatic rings. The zero-order chi connectivity index (χ0) is 29.8. The third kappa shape index (κ3) is 7.68. The molecule has 214 valence electrons. The van der Waals surface area contributed by atoms with Gasteiger partial charge in [-0.2, -0.15) is 0 Å². The van der Waals surface area contributed by atoms with Crippen LogP contribution in [0, 0.1) is 12.3 Å². The third-order valence-electron chi connectivity index (χ3n) is 6.35. The predicted molar refractivity (Wildman–Crippen MR) is 155 cm³/mol. The highest BCUT2D eigenvalue weighted by molar-refractivity contribution is 6.05. The van der Waals surface area contributed by atoms with Crippen molar-refractivity contribution in [2.45, 2.75) is 66.7 Å². The average Bonchev–Trinajstić information content (AvgIpc) is 3.35. The minimum atomic E-state index is -0.413. The van der Waals surface area contributed by atoms with E-state index in [9.17, 15) is 14.4 Å². The Balaban J connectivity index is 1.92. The van der Waals surface area contributed by atoms with E-state index in [1.165, 1.54) is 11.8 Å². The normalized spacial score (nSPS) is 11.7. The van der Waals surface area contributed by atoms with Gasteiger partial charge in [0.2, 0.25) is 5.91 Å². The Morgan fingerprint density at radius 3 is 2.33 bits per heavy atom. The van der Waals surface area contributed by atoms with Gasteiger partial charge in [-0.3, -0.25) is 14.4 Å². The highest BCUT2D eigenvalue weighted by Gasteiger charge is 2.22. The van der Waals surface area contributed by atoms with Crippen molar-refractivity contribution in [3.05, 3.63) is 64.5 Å². The molecule has 40 heavy (non-hydrogen) atoms. The van der Waals surface area contributed by atoms with Gasteiger partial charge in [0.05, 0.1) is 24.7 Å². The molecule has 0 aliphatic carbocycles. The number of carbonyl (C=O) groups excluding carboxylic acids is 3. The SMILES string of the molecule is COc1c(CCC(N)=O)cc(C(C)(C)C)cc1NC(=O)c1ccc(C)c(-n2cc(C(=O)NCC(C)(C)C)nn2)c1. The van der Waals surface area contributed by atoms with Gasteiger partial charge in [0.15, 0.2) is 5.69 Å². The number of rotatable bonds is 9. The molecule has 4 N–H and O–H groups in total. The van der Waals surface area contributed by atoms with E-state index in [0.717, 1.165) is 16.7 Å². The molecular weight excluding hydrogens is 508 g/mol. The number of nitrogens with two attached hydrogens (primary N) is 1. The molecule has 0 fully saturated rings. The molecule has 3 rings (SSSR count). The number of methoxy groups -OCH3 is 1. The highest BCUT2D eigenvalue weighted by atomic mass is 16.5. The predicted octanol–water partition coefficient (Wildman–Crippen LogP) is 4.33. The Labute approximate surface area is 235 Å². The van der Waals surface area contributed by atoms with Crippen LogP contribution >= 0.6 is 0 Å². The highest BCUT2D eigenvalue weighted by Crippen LogP contribution is 2.36. The molecule has 0 aliphatic heterocycles. The van der Waals surface area contributed by atoms with Gasteiger partial charge in [0.1, 0.15) is 5.75 Å². The second kappa shape index (κ2) is 11.9. The number of hydrogen-bond acceptors (Lipinski definition) is 6. The Hall–Kier alpha value is -4.21. The number of ether oxygens (including phenoxy) is 1. The number of anilines is 1. The fourth-order valence-electron chi connectivity index (χ4n) is 4.01. The van der Waals surface area contributed by atoms with Crippen molar-refractivity contribution in [2.75, 3.05) is 19.0 Å². The van der Waals surface area contributed by atoms with Crippen LogP contribution in [0.1, 0.15) is 85.5 Å². The first-order valence-electron chi connectivity index (χ1n) is 13.2. The lowest BCUT2D eigenvalue weighted by molar-refractivity contribution is -0.118. The van der Waals surface area contributed by atoms with E-state index in [1.54, 1.807) is 18.3 Å². The number of primary amides is 1. The second-order valence-corrected chi connectivity index (χ2v) is 12.2. The van der Waals surface area contributed by atoms with Gasteiger partial charge in [-0.15, -0.1) is 5.10 Å². The summed E-state index contributed by atoms with van der Waals surface area (Å²) >= 11 is 0. The Kier molecular flexibility index (Phi) is 9.02. The van der Waals surface area contributed by atoms with E-state index in [1.807, 2.05) is 45.9 Å². The van der Waals surface area contributed by atoms with Crippen LogP contribution in [0.3, 0.4) is 0 Å². The third-order valence-corrected chi connectivity index (χ3v) is 6.35. The van der Waals surface area contributed by atoms with Gasteiger partial charge in [0.25, 0.3) is 11.8 Å². The summed E-state index contributed by atoms with van der Waals surface area (Å²) in [6.45, 7) is 14.7. The lowest BCUT2D eigenvalue weighted by Crippen LogP contribution is -2.32. The summed E-state index contributed by atoms with van der Waals surface area (Å²) in [5, 5.41) is 14.0. The van der Waals surface area contributed by atoms with Gasteiger partial charge >= 0.3 is 0 Å². The summed E-state index contributed by atoms with van der Waals surface area (Å²) in [4.78, 5) is 37.5. The van der Waals surface area contributed by atoms with Crippen LogP contribution < -0.4 is 21.1 Å². The zero-order valence-electron chi connectivity index (χ0n) is 24.6. The van der Waals surface area contributed by atoms with Crippen molar-refractivity contribution in [1.29, 1.82) is 0 Å². The second-order valence-electron chi connectivity index (χ2n) is 12.2. The summed E-state index contributed by atoms with van der Waals surface area (Å²) in [7, 11) is 1.53. The molecular formula is C30H40N6O4. The molecule has 1 heterocycles. The smallest absolute Gasteiger partial charge is 0.273 e. The van der Waals surface area contributed by atoms with Crippen LogP contribution in [0.25, 0.3) is 5.69 Å². The number of aryl methyl sites for hydroxylation is 2. The van der Waals surface area contributed by atoms with Gasteiger partial charge in [-0.25, -0.2) is 4.68 Å². The molecule has 0 spiro atoms. The average molecular weight is 549 g/mol. The standard InChI is InChI=1S/C30H40N6O4/c1-18-9-10-20(14-24(18)36-16-23(34-35-36)28(39)32-17-29(2,3)4)27(38)33-22-15-21(30(5,6)7)13-19(26(22)40-8)11-12-25(31)37/h9-10,13-16H,11-12,17H2,1-8H3,(H2,31,37)(H,32,39)(H,33,38). The topological polar surface area (TPSA) is 141 Å². The fourth-order valence-corrected chi connectivity index (χ4v) is 4.01. The molecule has 0 atom stereocenters. The molecule has 0 saturated heterocycles. The molecule has 10 heteroatoms. The quantitative estimate of drug-likeness (QED) is 0.363. The molecule has 3 amide bonds. The largest absolute Gasteiger partial charge is 0.494 e. The molecule has 10 nitrogen and oxygen atoms in total. The van der Waals surface area contributed by atoms with Crippen molar-refractivity contribution >= 4 is 23.4 Å². The van der Waals surface area contributed by atoms with Gasteiger partial charge in [-0.05, 0) is 59.1 Å². The van der Waals surface area contributed by atoms with Gasteiger partial charge in [-0.1, -0.05) is 58.9 Å². The van der Waals surface area contributed by atoms with E-state index in [-0.39, 0.29) is 34.8 Å². The van der Waals surface area contributed by atoms with Crippen molar-refractivity contribution in [3.63, 3.8) is 0 Å². The van der Waals surface area contributed by atoms with Crippen molar-refractivity contribution in [2.24, 2.45) is 11.1 Å². The molecule has 0 bridgehead atoms. The van der Waals surface area contributed by atoms with Gasteiger partial charge in [0, 0.05) is 18.5 Å². The fraction of sp³-hybridized carbons (Fsp3) is 0.433. The van der Waals surface area contributed by atoms with E-state index < -0.39 is 5.91 Å². The Morgan fingerprint density at radius 2 is 1.73 bits per heavy atom. The first kappa shape index (κ1) is 30.3. The summed E-state index contributed by atoms with van der Waals surface area (Å²) in [5.41, 5.74) is 9.42. The number of aromatic nitrogens is 3. The van der Waals surface area contributed by atoms with E-state index in [2.05, 4.69) is 41.7 Å². The van der Waals surface area contributed by atoms with Crippen LogP contribution in [0.5, 0.6) is 5.75 Å². The van der Waals surface area contributed by atoms with Crippen LogP contribution in [0.15, 0.2) is 36.5 Å². The number of hydrogen-bond donors (Lipinski definition) is 3. The summed E-state index contributed by atoms with van der Waals surface area (Å²) in [5.74, 6) is -0.596. The lowest BCUT2D eigenvalue weighted by Gasteiger charge is -2.24. The minimum Gasteiger partial charge on any atom is -0.494 e. The first-order valence-corrected chi connectivity index (χ1v) is 13.2. The van der Waals surface area contributed by atoms with Crippen molar-refractivity contribution in [1.82, 2.24) is 20.3 Å². The van der Waals surface area contributed by atoms with Crippen LogP contribution in [0.4, 0.5) is 5.69 Å². The van der Waals surface area contributed by atoms with E-state index in [4.69, 9.17) is 10.5 Å². The molecule has 0 aliphatic rings. The molecule has 0 unspecified atom stereocenters. The lowest BCUT2D eigenvalue weighted by atomic mass is 9.85. The number of nitrogens with zero attached hydrogens (tertiary/aromatic N) is 3.